The summed E-state index contributed by atoms with van der Waals surface area (Å²) < 4.78 is 14.9. The van der Waals surface area contributed by atoms with Crippen LogP contribution in [0.25, 0.3) is 0 Å². The number of amides is 1. The van der Waals surface area contributed by atoms with Crippen molar-refractivity contribution >= 4 is 28.1 Å². The van der Waals surface area contributed by atoms with E-state index in [4.69, 9.17) is 0 Å². The molecule has 0 aliphatic carbocycles. The Morgan fingerprint density at radius 1 is 0.968 bits per heavy atom. The normalized spacial score (nSPS) is 11.7. The van der Waals surface area contributed by atoms with E-state index >= 15 is 0 Å². The van der Waals surface area contributed by atoms with Gasteiger partial charge in [0, 0.05) is 27.8 Å². The molecule has 4 aromatic rings. The Bertz CT molecular complexity index is 1190. The summed E-state index contributed by atoms with van der Waals surface area (Å²) in [6, 6.07) is 20.7. The zero-order valence-corrected chi connectivity index (χ0v) is 18.0. The minimum Gasteiger partial charge on any atom is -0.359 e. The van der Waals surface area contributed by atoms with E-state index in [0.717, 1.165) is 16.0 Å². The van der Waals surface area contributed by atoms with Gasteiger partial charge in [0.25, 0.3) is 5.91 Å². The maximum Gasteiger partial charge on any atom is 0.256 e. The molecule has 4 nitrogen and oxygen atoms in total. The van der Waals surface area contributed by atoms with Crippen LogP contribution in [0.1, 0.15) is 38.0 Å². The van der Waals surface area contributed by atoms with Gasteiger partial charge in [-0.3, -0.25) is 4.79 Å². The first kappa shape index (κ1) is 20.8. The maximum absolute atomic E-state index is 14.9. The molecule has 0 saturated heterocycles. The molecule has 0 bridgehead atoms. The van der Waals surface area contributed by atoms with E-state index in [2.05, 4.69) is 15.6 Å². The van der Waals surface area contributed by atoms with Crippen LogP contribution in [0.15, 0.2) is 79.0 Å². The fourth-order valence-corrected chi connectivity index (χ4v) is 4.55. The third-order valence-electron chi connectivity index (χ3n) is 5.16. The molecule has 0 unspecified atom stereocenters. The zero-order valence-electron chi connectivity index (χ0n) is 17.2. The Morgan fingerprint density at radius 2 is 1.68 bits per heavy atom. The summed E-state index contributed by atoms with van der Waals surface area (Å²) in [5.41, 5.74) is 2.90. The van der Waals surface area contributed by atoms with Crippen molar-refractivity contribution in [1.82, 2.24) is 4.98 Å². The monoisotopic (exact) mass is 431 g/mol. The number of hydrogen-bond acceptors (Lipinski definition) is 4. The average molecular weight is 432 g/mol. The summed E-state index contributed by atoms with van der Waals surface area (Å²) in [5.74, 6) is 0.104. The second-order valence-corrected chi connectivity index (χ2v) is 8.38. The van der Waals surface area contributed by atoms with Crippen LogP contribution >= 0.6 is 11.3 Å². The molecule has 1 amide bonds. The van der Waals surface area contributed by atoms with Crippen LogP contribution in [-0.2, 0) is 0 Å². The third kappa shape index (κ3) is 4.49. The highest BCUT2D eigenvalue weighted by molar-refractivity contribution is 7.16. The van der Waals surface area contributed by atoms with E-state index in [1.807, 2.05) is 56.3 Å². The predicted molar refractivity (Wildman–Crippen MR) is 124 cm³/mol. The number of benzene rings is 2. The number of nitrogens with one attached hydrogen (secondary N) is 2. The second-order valence-electron chi connectivity index (χ2n) is 7.16. The van der Waals surface area contributed by atoms with Crippen LogP contribution in [-0.4, -0.2) is 10.9 Å². The molecular weight excluding hydrogens is 409 g/mol. The molecule has 6 heteroatoms. The lowest BCUT2D eigenvalue weighted by Gasteiger charge is -2.22. The lowest BCUT2D eigenvalue weighted by Crippen LogP contribution is -2.18. The molecule has 2 heterocycles. The predicted octanol–water partition coefficient (Wildman–Crippen LogP) is 6.35. The molecule has 0 aliphatic heterocycles. The second kappa shape index (κ2) is 9.10. The van der Waals surface area contributed by atoms with Crippen molar-refractivity contribution in [3.8, 4) is 0 Å². The summed E-state index contributed by atoms with van der Waals surface area (Å²) >= 11 is 1.49. The third-order valence-corrected chi connectivity index (χ3v) is 6.30. The Hall–Kier alpha value is -3.51. The molecule has 0 radical (unpaired) electrons. The lowest BCUT2D eigenvalue weighted by atomic mass is 9.96. The van der Waals surface area contributed by atoms with Gasteiger partial charge in [-0.25, -0.2) is 9.37 Å². The summed E-state index contributed by atoms with van der Waals surface area (Å²) in [4.78, 5) is 18.3. The number of anilines is 2. The molecule has 1 atom stereocenters. The van der Waals surface area contributed by atoms with Crippen molar-refractivity contribution in [2.45, 2.75) is 19.9 Å². The highest BCUT2D eigenvalue weighted by atomic mass is 32.1. The molecule has 0 fully saturated rings. The number of rotatable bonds is 6. The smallest absolute Gasteiger partial charge is 0.256 e. The first-order chi connectivity index (χ1) is 15.0. The number of carbonyl (C=O) groups is 1. The summed E-state index contributed by atoms with van der Waals surface area (Å²) in [6.45, 7) is 3.99. The summed E-state index contributed by atoms with van der Waals surface area (Å²) in [6.07, 6.45) is 1.69. The summed E-state index contributed by atoms with van der Waals surface area (Å²) in [5, 5.41) is 7.10. The van der Waals surface area contributed by atoms with E-state index < -0.39 is 6.04 Å². The van der Waals surface area contributed by atoms with Gasteiger partial charge in [-0.15, -0.1) is 11.3 Å². The minimum atomic E-state index is -0.521. The van der Waals surface area contributed by atoms with Gasteiger partial charge in [-0.2, -0.15) is 0 Å². The Balaban J connectivity index is 1.79. The number of thiophene rings is 1. The molecule has 0 spiro atoms. The van der Waals surface area contributed by atoms with Crippen molar-refractivity contribution < 1.29 is 9.18 Å². The van der Waals surface area contributed by atoms with Gasteiger partial charge in [-0.1, -0.05) is 42.5 Å². The summed E-state index contributed by atoms with van der Waals surface area (Å²) in [7, 11) is 0. The molecule has 156 valence electrons. The fourth-order valence-electron chi connectivity index (χ4n) is 3.46. The molecule has 2 N–H and O–H groups in total. The average Bonchev–Trinajstić information content (AvgIpc) is 3.07. The van der Waals surface area contributed by atoms with Crippen LogP contribution in [0.5, 0.6) is 0 Å². The van der Waals surface area contributed by atoms with Crippen molar-refractivity contribution in [2.24, 2.45) is 0 Å². The van der Waals surface area contributed by atoms with Crippen LogP contribution in [0.2, 0.25) is 0 Å². The molecular formula is C25H22FN3OS. The first-order valence-corrected chi connectivity index (χ1v) is 10.7. The van der Waals surface area contributed by atoms with Crippen molar-refractivity contribution in [2.75, 3.05) is 10.6 Å². The number of hydrogen-bond donors (Lipinski definition) is 2. The standard InChI is InChI=1S/C25H22FN3OS/c1-16-17(2)31-25(29-24(30)18-10-4-3-5-11-18)22(16)23(19-12-6-7-13-20(19)26)28-21-14-8-9-15-27-21/h3-15,23H,1-2H3,(H,27,28)(H,29,30)/t23-/m1/s1. The quantitative estimate of drug-likeness (QED) is 0.374. The Labute approximate surface area is 184 Å². The molecule has 2 aromatic heterocycles. The van der Waals surface area contributed by atoms with Crippen LogP contribution < -0.4 is 10.6 Å². The molecule has 0 aliphatic rings. The minimum absolute atomic E-state index is 0.201. The van der Waals surface area contributed by atoms with Crippen LogP contribution in [0, 0.1) is 19.7 Å². The number of aryl methyl sites for hydroxylation is 1. The van der Waals surface area contributed by atoms with E-state index in [0.29, 0.717) is 21.9 Å². The lowest BCUT2D eigenvalue weighted by molar-refractivity contribution is 0.102. The van der Waals surface area contributed by atoms with Gasteiger partial charge < -0.3 is 10.6 Å². The molecule has 31 heavy (non-hydrogen) atoms. The van der Waals surface area contributed by atoms with Gasteiger partial charge >= 0.3 is 0 Å². The van der Waals surface area contributed by atoms with Crippen LogP contribution in [0.4, 0.5) is 15.2 Å². The van der Waals surface area contributed by atoms with Gasteiger partial charge in [0.1, 0.15) is 16.6 Å². The number of aromatic nitrogens is 1. The fraction of sp³-hybridized carbons (Fsp3) is 0.120. The van der Waals surface area contributed by atoms with E-state index in [1.54, 1.807) is 30.5 Å². The molecule has 4 rings (SSSR count). The van der Waals surface area contributed by atoms with Crippen LogP contribution in [0.3, 0.4) is 0 Å². The SMILES string of the molecule is Cc1sc(NC(=O)c2ccccc2)c([C@H](Nc2ccccn2)c2ccccc2F)c1C. The topological polar surface area (TPSA) is 54.0 Å². The number of carbonyl (C=O) groups excluding carboxylic acids is 1. The number of nitrogens with zero attached hydrogens (tertiary/aromatic N) is 1. The van der Waals surface area contributed by atoms with Gasteiger partial charge in [0.05, 0.1) is 6.04 Å². The van der Waals surface area contributed by atoms with Gasteiger partial charge in [0.15, 0.2) is 0 Å². The molecule has 0 saturated carbocycles. The van der Waals surface area contributed by atoms with E-state index in [1.165, 1.54) is 17.4 Å². The zero-order chi connectivity index (χ0) is 21.8. The highest BCUT2D eigenvalue weighted by Gasteiger charge is 2.27. The van der Waals surface area contributed by atoms with Crippen molar-refractivity contribution in [1.29, 1.82) is 0 Å². The molecule has 2 aromatic carbocycles. The van der Waals surface area contributed by atoms with Gasteiger partial charge in [0.2, 0.25) is 0 Å². The Morgan fingerprint density at radius 3 is 2.39 bits per heavy atom. The van der Waals surface area contributed by atoms with E-state index in [-0.39, 0.29) is 11.7 Å². The largest absolute Gasteiger partial charge is 0.359 e. The van der Waals surface area contributed by atoms with E-state index in [9.17, 15) is 9.18 Å². The number of halogens is 1. The number of pyridine rings is 1. The van der Waals surface area contributed by atoms with Crippen molar-refractivity contribution in [3.05, 3.63) is 112 Å². The maximum atomic E-state index is 14.9. The Kier molecular flexibility index (Phi) is 6.09. The highest BCUT2D eigenvalue weighted by Crippen LogP contribution is 2.41. The first-order valence-electron chi connectivity index (χ1n) is 9.93. The van der Waals surface area contributed by atoms with Gasteiger partial charge in [-0.05, 0) is 49.7 Å². The van der Waals surface area contributed by atoms with Crippen molar-refractivity contribution in [3.63, 3.8) is 0 Å².